The zero-order valence-corrected chi connectivity index (χ0v) is 14.6. The number of hydrogen-bond donors (Lipinski definition) is 1. The highest BCUT2D eigenvalue weighted by molar-refractivity contribution is 5.88. The summed E-state index contributed by atoms with van der Waals surface area (Å²) in [5.41, 5.74) is 2.96. The van der Waals surface area contributed by atoms with Crippen LogP contribution in [0.5, 0.6) is 0 Å². The molecule has 0 aliphatic rings. The number of nitrogens with one attached hydrogen (secondary N) is 1. The second kappa shape index (κ2) is 7.78. The standard InChI is InChI=1S/C22H25NO/c1-17(15-16-20(24)23-22(2,3)4)21(18-11-7-5-8-12-18)19-13-9-6-10-14-19/h5-16,21H,1H2,2-4H3,(H,23,24)/b16-15+. The van der Waals surface area contributed by atoms with E-state index >= 15 is 0 Å². The Labute approximate surface area is 144 Å². The van der Waals surface area contributed by atoms with E-state index in [2.05, 4.69) is 36.2 Å². The molecule has 0 bridgehead atoms. The Kier molecular flexibility index (Phi) is 5.75. The highest BCUT2D eigenvalue weighted by Gasteiger charge is 2.16. The molecule has 0 aliphatic carbocycles. The monoisotopic (exact) mass is 319 g/mol. The van der Waals surface area contributed by atoms with E-state index in [9.17, 15) is 4.79 Å². The molecule has 0 aromatic heterocycles. The highest BCUT2D eigenvalue weighted by Crippen LogP contribution is 2.31. The Morgan fingerprint density at radius 3 is 1.79 bits per heavy atom. The molecule has 24 heavy (non-hydrogen) atoms. The molecule has 0 atom stereocenters. The van der Waals surface area contributed by atoms with Gasteiger partial charge in [-0.1, -0.05) is 73.3 Å². The van der Waals surface area contributed by atoms with Gasteiger partial charge in [0.1, 0.15) is 0 Å². The first-order valence-corrected chi connectivity index (χ1v) is 8.16. The fraction of sp³-hybridized carbons (Fsp3) is 0.227. The van der Waals surface area contributed by atoms with Crippen LogP contribution in [-0.2, 0) is 4.79 Å². The second-order valence-corrected chi connectivity index (χ2v) is 6.90. The fourth-order valence-electron chi connectivity index (χ4n) is 2.60. The van der Waals surface area contributed by atoms with Crippen LogP contribution in [0.4, 0.5) is 0 Å². The van der Waals surface area contributed by atoms with Gasteiger partial charge >= 0.3 is 0 Å². The van der Waals surface area contributed by atoms with Crippen molar-refractivity contribution in [3.8, 4) is 0 Å². The molecule has 1 N–H and O–H groups in total. The van der Waals surface area contributed by atoms with Crippen LogP contribution in [-0.4, -0.2) is 11.4 Å². The number of carbonyl (C=O) groups excluding carboxylic acids is 1. The zero-order chi connectivity index (χ0) is 17.6. The Bertz CT molecular complexity index is 669. The second-order valence-electron chi connectivity index (χ2n) is 6.90. The minimum absolute atomic E-state index is 0.0334. The van der Waals surface area contributed by atoms with Gasteiger partial charge in [-0.3, -0.25) is 4.79 Å². The molecule has 0 saturated carbocycles. The molecule has 0 heterocycles. The van der Waals surface area contributed by atoms with Crippen molar-refractivity contribution in [3.05, 3.63) is 96.1 Å². The predicted molar refractivity (Wildman–Crippen MR) is 101 cm³/mol. The maximum Gasteiger partial charge on any atom is 0.244 e. The molecule has 2 rings (SSSR count). The molecule has 1 amide bonds. The number of amides is 1. The summed E-state index contributed by atoms with van der Waals surface area (Å²) in [6.07, 6.45) is 3.37. The van der Waals surface area contributed by atoms with Crippen molar-refractivity contribution in [1.29, 1.82) is 0 Å². The Morgan fingerprint density at radius 2 is 1.38 bits per heavy atom. The highest BCUT2D eigenvalue weighted by atomic mass is 16.1. The lowest BCUT2D eigenvalue weighted by Crippen LogP contribution is -2.39. The number of benzene rings is 2. The van der Waals surface area contributed by atoms with Gasteiger partial charge in [0.2, 0.25) is 5.91 Å². The summed E-state index contributed by atoms with van der Waals surface area (Å²) < 4.78 is 0. The van der Waals surface area contributed by atoms with Crippen LogP contribution >= 0.6 is 0 Å². The minimum atomic E-state index is -0.249. The molecular weight excluding hydrogens is 294 g/mol. The average Bonchev–Trinajstić information content (AvgIpc) is 2.54. The molecule has 0 saturated heterocycles. The van der Waals surface area contributed by atoms with Crippen LogP contribution < -0.4 is 5.32 Å². The smallest absolute Gasteiger partial charge is 0.244 e. The topological polar surface area (TPSA) is 29.1 Å². The van der Waals surface area contributed by atoms with Crippen LogP contribution in [0.25, 0.3) is 0 Å². The van der Waals surface area contributed by atoms with Gasteiger partial charge in [-0.25, -0.2) is 0 Å². The van der Waals surface area contributed by atoms with Crippen LogP contribution in [0.15, 0.2) is 85.0 Å². The number of hydrogen-bond acceptors (Lipinski definition) is 1. The molecule has 2 nitrogen and oxygen atoms in total. The number of allylic oxidation sites excluding steroid dienone is 2. The summed E-state index contributed by atoms with van der Waals surface area (Å²) in [6, 6.07) is 20.4. The van der Waals surface area contributed by atoms with Crippen molar-refractivity contribution < 1.29 is 4.79 Å². The van der Waals surface area contributed by atoms with E-state index in [4.69, 9.17) is 0 Å². The minimum Gasteiger partial charge on any atom is -0.348 e. The molecule has 0 spiro atoms. The SMILES string of the molecule is C=C(/C=C/C(=O)NC(C)(C)C)C(c1ccccc1)c1ccccc1. The van der Waals surface area contributed by atoms with E-state index in [1.165, 1.54) is 0 Å². The lowest BCUT2D eigenvalue weighted by Gasteiger charge is -2.20. The maximum atomic E-state index is 12.0. The van der Waals surface area contributed by atoms with Gasteiger partial charge in [0.25, 0.3) is 0 Å². The van der Waals surface area contributed by atoms with Gasteiger partial charge in [-0.15, -0.1) is 0 Å². The van der Waals surface area contributed by atoms with Crippen molar-refractivity contribution in [2.75, 3.05) is 0 Å². The largest absolute Gasteiger partial charge is 0.348 e. The zero-order valence-electron chi connectivity index (χ0n) is 14.6. The van der Waals surface area contributed by atoms with Crippen LogP contribution in [0.2, 0.25) is 0 Å². The summed E-state index contributed by atoms with van der Waals surface area (Å²) in [4.78, 5) is 12.0. The lowest BCUT2D eigenvalue weighted by atomic mass is 9.85. The third-order valence-electron chi connectivity index (χ3n) is 3.58. The molecule has 2 aromatic rings. The van der Waals surface area contributed by atoms with Crippen molar-refractivity contribution in [1.82, 2.24) is 5.32 Å². The van der Waals surface area contributed by atoms with E-state index in [0.717, 1.165) is 16.7 Å². The van der Waals surface area contributed by atoms with Gasteiger partial charge in [-0.2, -0.15) is 0 Å². The van der Waals surface area contributed by atoms with Crippen LogP contribution in [0.3, 0.4) is 0 Å². The molecule has 0 fully saturated rings. The predicted octanol–water partition coefficient (Wildman–Crippen LogP) is 4.85. The van der Waals surface area contributed by atoms with E-state index in [1.807, 2.05) is 63.2 Å². The Hall–Kier alpha value is -2.61. The van der Waals surface area contributed by atoms with Gasteiger partial charge in [-0.05, 0) is 37.5 Å². The first-order chi connectivity index (χ1) is 11.4. The van der Waals surface area contributed by atoms with Crippen molar-refractivity contribution >= 4 is 5.91 Å². The van der Waals surface area contributed by atoms with Gasteiger partial charge in [0, 0.05) is 17.5 Å². The van der Waals surface area contributed by atoms with Crippen LogP contribution in [0, 0.1) is 0 Å². The van der Waals surface area contributed by atoms with Gasteiger partial charge in [0.15, 0.2) is 0 Å². The summed E-state index contributed by atoms with van der Waals surface area (Å²) in [7, 11) is 0. The first-order valence-electron chi connectivity index (χ1n) is 8.16. The summed E-state index contributed by atoms with van der Waals surface area (Å²) >= 11 is 0. The summed E-state index contributed by atoms with van der Waals surface area (Å²) in [5, 5.41) is 2.93. The molecular formula is C22H25NO. The molecule has 2 aromatic carbocycles. The molecule has 0 radical (unpaired) electrons. The van der Waals surface area contributed by atoms with Crippen molar-refractivity contribution in [2.24, 2.45) is 0 Å². The quantitative estimate of drug-likeness (QED) is 0.620. The van der Waals surface area contributed by atoms with Crippen molar-refractivity contribution in [2.45, 2.75) is 32.2 Å². The molecule has 0 aliphatic heterocycles. The van der Waals surface area contributed by atoms with Gasteiger partial charge < -0.3 is 5.32 Å². The fourth-order valence-corrected chi connectivity index (χ4v) is 2.60. The van der Waals surface area contributed by atoms with Crippen molar-refractivity contribution in [3.63, 3.8) is 0 Å². The Balaban J connectivity index is 2.25. The van der Waals surface area contributed by atoms with Crippen LogP contribution in [0.1, 0.15) is 37.8 Å². The van der Waals surface area contributed by atoms with Gasteiger partial charge in [0.05, 0.1) is 0 Å². The first kappa shape index (κ1) is 17.7. The summed E-state index contributed by atoms with van der Waals surface area (Å²) in [5.74, 6) is -0.0744. The van der Waals surface area contributed by atoms with E-state index in [1.54, 1.807) is 6.08 Å². The van der Waals surface area contributed by atoms with E-state index < -0.39 is 0 Å². The van der Waals surface area contributed by atoms with E-state index in [0.29, 0.717) is 0 Å². The average molecular weight is 319 g/mol. The number of rotatable bonds is 5. The Morgan fingerprint density at radius 1 is 0.917 bits per heavy atom. The number of carbonyl (C=O) groups is 1. The molecule has 124 valence electrons. The summed E-state index contributed by atoms with van der Waals surface area (Å²) in [6.45, 7) is 10.1. The third kappa shape index (κ3) is 5.24. The third-order valence-corrected chi connectivity index (χ3v) is 3.58. The molecule has 0 unspecified atom stereocenters. The maximum absolute atomic E-state index is 12.0. The van der Waals surface area contributed by atoms with E-state index in [-0.39, 0.29) is 17.4 Å². The normalized spacial score (nSPS) is 11.7. The lowest BCUT2D eigenvalue weighted by molar-refractivity contribution is -0.117. The molecule has 2 heteroatoms.